The highest BCUT2D eigenvalue weighted by molar-refractivity contribution is 5.15. The maximum absolute atomic E-state index is 7.52. The third-order valence-corrected chi connectivity index (χ3v) is 12.1. The molecule has 2 heterocycles. The van der Waals surface area contributed by atoms with Crippen LogP contribution in [-0.2, 0) is 39.8 Å². The van der Waals surface area contributed by atoms with Gasteiger partial charge in [-0.05, 0) is 129 Å². The summed E-state index contributed by atoms with van der Waals surface area (Å²) in [6.07, 6.45) is 16.5. The third-order valence-electron chi connectivity index (χ3n) is 12.1. The Morgan fingerprint density at radius 1 is 0.633 bits per heavy atom. The van der Waals surface area contributed by atoms with Gasteiger partial charge in [0.2, 0.25) is 0 Å². The molecule has 3 saturated carbocycles. The largest absolute Gasteiger partial charge is 0.252 e. The van der Waals surface area contributed by atoms with Gasteiger partial charge < -0.3 is 0 Å². The molecular formula is C37H60N12. The van der Waals surface area contributed by atoms with Gasteiger partial charge in [-0.1, -0.05) is 61.7 Å². The van der Waals surface area contributed by atoms with Crippen LogP contribution in [0, 0.1) is 65.1 Å². The molecule has 3 fully saturated rings. The van der Waals surface area contributed by atoms with Gasteiger partial charge in [0.15, 0.2) is 0 Å². The third kappa shape index (κ3) is 10.5. The lowest BCUT2D eigenvalue weighted by Crippen LogP contribution is -2.04. The van der Waals surface area contributed by atoms with E-state index < -0.39 is 0 Å². The van der Waals surface area contributed by atoms with Crippen LogP contribution < -0.4 is 0 Å². The molecule has 0 aromatic carbocycles. The summed E-state index contributed by atoms with van der Waals surface area (Å²) >= 11 is 0. The van der Waals surface area contributed by atoms with E-state index >= 15 is 0 Å². The predicted molar refractivity (Wildman–Crippen MR) is 194 cm³/mol. The van der Waals surface area contributed by atoms with Crippen molar-refractivity contribution in [3.05, 3.63) is 43.7 Å². The minimum Gasteiger partial charge on any atom is -0.252 e. The van der Waals surface area contributed by atoms with Crippen LogP contribution in [0.25, 0.3) is 20.9 Å². The molecule has 6 aliphatic carbocycles. The fourth-order valence-electron chi connectivity index (χ4n) is 9.00. The quantitative estimate of drug-likeness (QED) is 0.138. The van der Waals surface area contributed by atoms with Crippen LogP contribution in [0.1, 0.15) is 115 Å². The van der Waals surface area contributed by atoms with Gasteiger partial charge in [0, 0.05) is 49.8 Å². The van der Waals surface area contributed by atoms with Gasteiger partial charge in [-0.25, -0.2) is 0 Å². The lowest BCUT2D eigenvalue weighted by Gasteiger charge is -2.07. The minimum absolute atomic E-state index is 0.552. The zero-order valence-electron chi connectivity index (χ0n) is 31.2. The van der Waals surface area contributed by atoms with Crippen molar-refractivity contribution in [2.45, 2.75) is 118 Å². The molecule has 268 valence electrons. The average molecular weight is 673 g/mol. The van der Waals surface area contributed by atoms with Crippen LogP contribution in [0.3, 0.4) is 0 Å². The fourth-order valence-corrected chi connectivity index (χ4v) is 9.00. The monoisotopic (exact) mass is 673 g/mol. The Balaban J connectivity index is 0.000000147. The first-order valence-corrected chi connectivity index (χ1v) is 19.0. The van der Waals surface area contributed by atoms with Gasteiger partial charge in [-0.2, -0.15) is 0 Å². The Morgan fingerprint density at radius 3 is 1.35 bits per heavy atom. The standard InChI is InChI=1S/2C11H17N3.C11H16.2C2H5N3/c2*1-7-8-3-5-10-11(6-4-9(7)8)14(2)13-12-10;1-2-9-10-7-5-3-4-6-8-11(9)10;2*1-2-4-5-3/h2*7-9H,3-6H2,1-2H3;9-11H,2,5-8H2,1H3;2*2H2,1H3. The van der Waals surface area contributed by atoms with Crippen molar-refractivity contribution in [2.24, 2.45) is 77.6 Å². The van der Waals surface area contributed by atoms with Crippen LogP contribution in [-0.4, -0.2) is 43.1 Å². The Kier molecular flexibility index (Phi) is 14.8. The highest BCUT2D eigenvalue weighted by Crippen LogP contribution is 2.54. The van der Waals surface area contributed by atoms with Gasteiger partial charge in [-0.3, -0.25) is 9.36 Å². The van der Waals surface area contributed by atoms with E-state index in [1.807, 2.05) is 23.5 Å². The van der Waals surface area contributed by atoms with Crippen molar-refractivity contribution in [3.63, 3.8) is 0 Å². The Labute approximate surface area is 293 Å². The van der Waals surface area contributed by atoms with Crippen molar-refractivity contribution >= 4 is 0 Å². The summed E-state index contributed by atoms with van der Waals surface area (Å²) in [5, 5.41) is 23.0. The zero-order valence-corrected chi connectivity index (χ0v) is 31.2. The zero-order chi connectivity index (χ0) is 35.3. The lowest BCUT2D eigenvalue weighted by atomic mass is 10.0. The molecule has 0 aliphatic heterocycles. The van der Waals surface area contributed by atoms with Crippen LogP contribution in [0.5, 0.6) is 0 Å². The number of aromatic nitrogens is 6. The van der Waals surface area contributed by atoms with Crippen LogP contribution in [0.15, 0.2) is 10.2 Å². The van der Waals surface area contributed by atoms with Gasteiger partial charge >= 0.3 is 0 Å². The van der Waals surface area contributed by atoms with Crippen molar-refractivity contribution < 1.29 is 0 Å². The van der Waals surface area contributed by atoms with Crippen molar-refractivity contribution in [3.8, 4) is 11.8 Å². The molecule has 0 amide bonds. The van der Waals surface area contributed by atoms with Gasteiger partial charge in [0.25, 0.3) is 0 Å². The number of fused-ring (bicyclic) bond motifs is 5. The Morgan fingerprint density at radius 2 is 1.02 bits per heavy atom. The van der Waals surface area contributed by atoms with Gasteiger partial charge in [0.05, 0.1) is 22.8 Å². The number of rotatable bonds is 3. The molecule has 6 aliphatic rings. The highest BCUT2D eigenvalue weighted by atomic mass is 15.4. The average Bonchev–Trinajstić information content (AvgIpc) is 3.95. The maximum atomic E-state index is 7.52. The number of aryl methyl sites for hydroxylation is 4. The summed E-state index contributed by atoms with van der Waals surface area (Å²) in [5.74, 6) is 15.6. The lowest BCUT2D eigenvalue weighted by molar-refractivity contribution is 0.566. The van der Waals surface area contributed by atoms with E-state index in [1.54, 1.807) is 13.8 Å². The SMILES string of the molecule is CC1C2CCc3nnn(C)c3CCC12.CC1C2CCc3nnn(C)c3CCC12.CCC1C2CCC#CCCC12.CCN=[N+]=[N-].CCN=[N+]=[N-]. The Bertz CT molecular complexity index is 1380. The molecule has 0 N–H and O–H groups in total. The molecule has 2 aromatic rings. The van der Waals surface area contributed by atoms with E-state index in [2.05, 4.69) is 73.3 Å². The van der Waals surface area contributed by atoms with E-state index in [1.165, 1.54) is 80.6 Å². The molecule has 8 unspecified atom stereocenters. The topological polar surface area (TPSA) is 159 Å². The fraction of sp³-hybridized carbons (Fsp3) is 0.838. The second-order valence-electron chi connectivity index (χ2n) is 14.7. The molecule has 8 atom stereocenters. The molecule has 0 bridgehead atoms. The number of nitrogens with zero attached hydrogens (tertiary/aromatic N) is 12. The van der Waals surface area contributed by atoms with Crippen LogP contribution >= 0.6 is 0 Å². The first kappa shape index (κ1) is 38.3. The summed E-state index contributed by atoms with van der Waals surface area (Å²) in [5.41, 5.74) is 20.3. The highest BCUT2D eigenvalue weighted by Gasteiger charge is 2.48. The van der Waals surface area contributed by atoms with Gasteiger partial charge in [-0.15, -0.1) is 22.0 Å². The summed E-state index contributed by atoms with van der Waals surface area (Å²) < 4.78 is 3.92. The second-order valence-corrected chi connectivity index (χ2v) is 14.7. The summed E-state index contributed by atoms with van der Waals surface area (Å²) in [7, 11) is 4.03. The van der Waals surface area contributed by atoms with Crippen LogP contribution in [0.4, 0.5) is 0 Å². The Hall–Kier alpha value is -3.54. The summed E-state index contributed by atoms with van der Waals surface area (Å²) in [6, 6.07) is 0. The second kappa shape index (κ2) is 19.0. The molecule has 0 radical (unpaired) electrons. The summed E-state index contributed by atoms with van der Waals surface area (Å²) in [6.45, 7) is 11.8. The van der Waals surface area contributed by atoms with E-state index in [4.69, 9.17) is 11.1 Å². The molecule has 0 spiro atoms. The molecule has 49 heavy (non-hydrogen) atoms. The van der Waals surface area contributed by atoms with E-state index in [-0.39, 0.29) is 0 Å². The smallest absolute Gasteiger partial charge is 0.0859 e. The number of hydrogen-bond donors (Lipinski definition) is 0. The first-order chi connectivity index (χ1) is 23.8. The van der Waals surface area contributed by atoms with E-state index in [0.717, 1.165) is 78.9 Å². The number of azide groups is 2. The maximum Gasteiger partial charge on any atom is 0.0859 e. The molecule has 2 aromatic heterocycles. The van der Waals surface area contributed by atoms with Gasteiger partial charge in [0.1, 0.15) is 0 Å². The molecule has 8 rings (SSSR count). The van der Waals surface area contributed by atoms with Crippen LogP contribution in [0.2, 0.25) is 0 Å². The van der Waals surface area contributed by atoms with Crippen molar-refractivity contribution in [1.82, 2.24) is 30.0 Å². The number of hydrogen-bond acceptors (Lipinski definition) is 6. The normalized spacial score (nSPS) is 30.6. The van der Waals surface area contributed by atoms with Crippen molar-refractivity contribution in [1.29, 1.82) is 0 Å². The van der Waals surface area contributed by atoms with E-state index in [9.17, 15) is 0 Å². The molecule has 0 saturated heterocycles. The predicted octanol–water partition coefficient (Wildman–Crippen LogP) is 8.62. The van der Waals surface area contributed by atoms with E-state index in [0.29, 0.717) is 13.1 Å². The molecular weight excluding hydrogens is 612 g/mol. The minimum atomic E-state index is 0.552. The summed E-state index contributed by atoms with van der Waals surface area (Å²) in [4.78, 5) is 4.96. The van der Waals surface area contributed by atoms with Crippen molar-refractivity contribution in [2.75, 3.05) is 13.1 Å². The first-order valence-electron chi connectivity index (χ1n) is 19.0. The molecule has 12 nitrogen and oxygen atoms in total. The molecule has 12 heteroatoms.